The van der Waals surface area contributed by atoms with Gasteiger partial charge in [0.05, 0.1) is 5.56 Å². The molecular weight excluding hydrogens is 275 g/mol. The maximum Gasteiger partial charge on any atom is 0.138 e. The van der Waals surface area contributed by atoms with E-state index in [0.717, 1.165) is 21.1 Å². The number of nitrogens with one attached hydrogen (secondary N) is 1. The fourth-order valence-corrected chi connectivity index (χ4v) is 1.71. The number of nitrogens with zero attached hydrogens (tertiary/aromatic N) is 1. The predicted octanol–water partition coefficient (Wildman–Crippen LogP) is 3.31. The lowest BCUT2D eigenvalue weighted by atomic mass is 10.2. The lowest BCUT2D eigenvalue weighted by Gasteiger charge is -1.90. The summed E-state index contributed by atoms with van der Waals surface area (Å²) in [6, 6.07) is 2.00. The van der Waals surface area contributed by atoms with E-state index in [0.29, 0.717) is 12.3 Å². The SMILES string of the molecule is ClCCC#Cc1c[nH]c2ncc(Br)cc12. The van der Waals surface area contributed by atoms with Crippen LogP contribution in [-0.2, 0) is 0 Å². The van der Waals surface area contributed by atoms with Crippen LogP contribution >= 0.6 is 27.5 Å². The average molecular weight is 284 g/mol. The highest BCUT2D eigenvalue weighted by Crippen LogP contribution is 2.19. The summed E-state index contributed by atoms with van der Waals surface area (Å²) < 4.78 is 0.954. The van der Waals surface area contributed by atoms with Gasteiger partial charge in [-0.15, -0.1) is 11.6 Å². The van der Waals surface area contributed by atoms with Crippen LogP contribution in [-0.4, -0.2) is 15.8 Å². The van der Waals surface area contributed by atoms with Gasteiger partial charge in [0.15, 0.2) is 0 Å². The number of pyridine rings is 1. The zero-order chi connectivity index (χ0) is 10.7. The molecule has 2 heterocycles. The number of hydrogen-bond acceptors (Lipinski definition) is 1. The average Bonchev–Trinajstić information content (AvgIpc) is 2.62. The van der Waals surface area contributed by atoms with Gasteiger partial charge in [0.2, 0.25) is 0 Å². The highest BCUT2D eigenvalue weighted by Gasteiger charge is 2.02. The van der Waals surface area contributed by atoms with Crippen molar-refractivity contribution in [1.29, 1.82) is 0 Å². The van der Waals surface area contributed by atoms with E-state index in [2.05, 4.69) is 37.7 Å². The minimum atomic E-state index is 0.567. The summed E-state index contributed by atoms with van der Waals surface area (Å²) in [7, 11) is 0. The lowest BCUT2D eigenvalue weighted by Crippen LogP contribution is -1.76. The summed E-state index contributed by atoms with van der Waals surface area (Å²) in [5.74, 6) is 6.64. The number of halogens is 2. The standard InChI is InChI=1S/C11H8BrClN2/c12-9-5-10-8(3-1-2-4-13)6-14-11(10)15-7-9/h5-7H,2,4H2,(H,14,15). The third-order valence-electron chi connectivity index (χ3n) is 1.94. The zero-order valence-corrected chi connectivity index (χ0v) is 10.2. The van der Waals surface area contributed by atoms with Gasteiger partial charge in [-0.25, -0.2) is 4.98 Å². The van der Waals surface area contributed by atoms with Gasteiger partial charge in [0.1, 0.15) is 5.65 Å². The van der Waals surface area contributed by atoms with Gasteiger partial charge in [0, 0.05) is 34.6 Å². The number of aromatic amines is 1. The number of H-pyrrole nitrogens is 1. The summed E-state index contributed by atoms with van der Waals surface area (Å²) in [5.41, 5.74) is 1.82. The van der Waals surface area contributed by atoms with E-state index in [1.807, 2.05) is 12.3 Å². The Kier molecular flexibility index (Phi) is 3.30. The molecule has 0 aromatic carbocycles. The van der Waals surface area contributed by atoms with Crippen molar-refractivity contribution in [2.24, 2.45) is 0 Å². The molecule has 0 radical (unpaired) electrons. The third-order valence-corrected chi connectivity index (χ3v) is 2.56. The molecule has 2 aromatic rings. The van der Waals surface area contributed by atoms with Crippen molar-refractivity contribution < 1.29 is 0 Å². The molecule has 4 heteroatoms. The van der Waals surface area contributed by atoms with Gasteiger partial charge < -0.3 is 4.98 Å². The van der Waals surface area contributed by atoms with Crippen LogP contribution in [0.3, 0.4) is 0 Å². The maximum absolute atomic E-state index is 5.55. The first-order valence-electron chi connectivity index (χ1n) is 4.48. The topological polar surface area (TPSA) is 28.7 Å². The third kappa shape index (κ3) is 2.34. The van der Waals surface area contributed by atoms with Gasteiger partial charge in [-0.2, -0.15) is 0 Å². The summed E-state index contributed by atoms with van der Waals surface area (Å²) in [4.78, 5) is 7.31. The molecule has 0 spiro atoms. The quantitative estimate of drug-likeness (QED) is 0.631. The first kappa shape index (κ1) is 10.5. The van der Waals surface area contributed by atoms with Crippen LogP contribution in [0.5, 0.6) is 0 Å². The summed E-state index contributed by atoms with van der Waals surface area (Å²) in [6.07, 6.45) is 4.33. The molecule has 0 unspecified atom stereocenters. The Hall–Kier alpha value is -0.980. The van der Waals surface area contributed by atoms with Gasteiger partial charge in [-0.1, -0.05) is 11.8 Å². The minimum absolute atomic E-state index is 0.567. The second kappa shape index (κ2) is 4.69. The van der Waals surface area contributed by atoms with E-state index in [-0.39, 0.29) is 0 Å². The fraction of sp³-hybridized carbons (Fsp3) is 0.182. The first-order chi connectivity index (χ1) is 7.31. The van der Waals surface area contributed by atoms with Crippen molar-refractivity contribution in [3.05, 3.63) is 28.5 Å². The number of fused-ring (bicyclic) bond motifs is 1. The molecular formula is C11H8BrClN2. The van der Waals surface area contributed by atoms with Crippen LogP contribution in [0.15, 0.2) is 22.9 Å². The van der Waals surface area contributed by atoms with E-state index in [1.165, 1.54) is 0 Å². The molecule has 76 valence electrons. The maximum atomic E-state index is 5.55. The Morgan fingerprint density at radius 3 is 3.20 bits per heavy atom. The fourth-order valence-electron chi connectivity index (χ4n) is 1.29. The molecule has 0 aliphatic carbocycles. The summed E-state index contributed by atoms with van der Waals surface area (Å²) in [6.45, 7) is 0. The molecule has 0 aliphatic heterocycles. The molecule has 0 saturated heterocycles. The van der Waals surface area contributed by atoms with Crippen LogP contribution in [0.2, 0.25) is 0 Å². The van der Waals surface area contributed by atoms with Crippen molar-refractivity contribution >= 4 is 38.6 Å². The highest BCUT2D eigenvalue weighted by molar-refractivity contribution is 9.10. The van der Waals surface area contributed by atoms with E-state index < -0.39 is 0 Å². The van der Waals surface area contributed by atoms with Gasteiger partial charge in [0.25, 0.3) is 0 Å². The van der Waals surface area contributed by atoms with Gasteiger partial charge in [-0.3, -0.25) is 0 Å². The molecule has 0 amide bonds. The minimum Gasteiger partial charge on any atom is -0.345 e. The predicted molar refractivity (Wildman–Crippen MR) is 66.0 cm³/mol. The van der Waals surface area contributed by atoms with E-state index >= 15 is 0 Å². The van der Waals surface area contributed by atoms with Gasteiger partial charge in [-0.05, 0) is 22.0 Å². The monoisotopic (exact) mass is 282 g/mol. The number of alkyl halides is 1. The van der Waals surface area contributed by atoms with Crippen molar-refractivity contribution in [2.45, 2.75) is 6.42 Å². The highest BCUT2D eigenvalue weighted by atomic mass is 79.9. The van der Waals surface area contributed by atoms with E-state index in [1.54, 1.807) is 6.20 Å². The second-order valence-electron chi connectivity index (χ2n) is 2.99. The Labute approximate surface area is 101 Å². The molecule has 1 N–H and O–H groups in total. The number of hydrogen-bond donors (Lipinski definition) is 1. The molecule has 15 heavy (non-hydrogen) atoms. The Bertz CT molecular complexity index is 536. The van der Waals surface area contributed by atoms with Crippen LogP contribution in [0.4, 0.5) is 0 Å². The van der Waals surface area contributed by atoms with E-state index in [9.17, 15) is 0 Å². The smallest absolute Gasteiger partial charge is 0.138 e. The molecule has 0 fully saturated rings. The lowest BCUT2D eigenvalue weighted by molar-refractivity contribution is 1.29. The largest absolute Gasteiger partial charge is 0.345 e. The van der Waals surface area contributed by atoms with Crippen LogP contribution < -0.4 is 0 Å². The molecule has 2 nitrogen and oxygen atoms in total. The molecule has 0 bridgehead atoms. The molecule has 2 aromatic heterocycles. The second-order valence-corrected chi connectivity index (χ2v) is 4.29. The number of aromatic nitrogens is 2. The summed E-state index contributed by atoms with van der Waals surface area (Å²) in [5, 5.41) is 1.03. The van der Waals surface area contributed by atoms with Crippen molar-refractivity contribution in [3.63, 3.8) is 0 Å². The molecule has 2 rings (SSSR count). The van der Waals surface area contributed by atoms with Gasteiger partial charge >= 0.3 is 0 Å². The normalized spacial score (nSPS) is 10.0. The van der Waals surface area contributed by atoms with Crippen LogP contribution in [0, 0.1) is 11.8 Å². The van der Waals surface area contributed by atoms with Crippen molar-refractivity contribution in [1.82, 2.24) is 9.97 Å². The molecule has 0 saturated carbocycles. The molecule has 0 atom stereocenters. The zero-order valence-electron chi connectivity index (χ0n) is 7.85. The first-order valence-corrected chi connectivity index (χ1v) is 5.81. The molecule has 0 aliphatic rings. The Morgan fingerprint density at radius 1 is 1.53 bits per heavy atom. The van der Waals surface area contributed by atoms with Crippen LogP contribution in [0.1, 0.15) is 12.0 Å². The number of rotatable bonds is 1. The van der Waals surface area contributed by atoms with E-state index in [4.69, 9.17) is 11.6 Å². The Balaban J connectivity index is 2.45. The summed E-state index contributed by atoms with van der Waals surface area (Å²) >= 11 is 8.94. The van der Waals surface area contributed by atoms with Crippen molar-refractivity contribution in [3.8, 4) is 11.8 Å². The van der Waals surface area contributed by atoms with Crippen molar-refractivity contribution in [2.75, 3.05) is 5.88 Å². The van der Waals surface area contributed by atoms with Crippen LogP contribution in [0.25, 0.3) is 11.0 Å². The Morgan fingerprint density at radius 2 is 2.40 bits per heavy atom.